The van der Waals surface area contributed by atoms with Crippen LogP contribution in [0.15, 0.2) is 93.9 Å². The van der Waals surface area contributed by atoms with Gasteiger partial charge in [0.2, 0.25) is 0 Å². The Morgan fingerprint density at radius 1 is 0.632 bits per heavy atom. The number of ketones is 2. The summed E-state index contributed by atoms with van der Waals surface area (Å²) in [5.74, 6) is -0.714. The van der Waals surface area contributed by atoms with E-state index in [9.17, 15) is 19.8 Å². The van der Waals surface area contributed by atoms with Gasteiger partial charge in [-0.2, -0.15) is 0 Å². The van der Waals surface area contributed by atoms with Crippen molar-refractivity contribution in [1.82, 2.24) is 0 Å². The molecule has 6 heteroatoms. The van der Waals surface area contributed by atoms with E-state index in [2.05, 4.69) is 80.4 Å². The van der Waals surface area contributed by atoms with Gasteiger partial charge in [0.1, 0.15) is 5.41 Å². The minimum atomic E-state index is -1.50. The molecule has 0 amide bonds. The second-order valence-electron chi connectivity index (χ2n) is 9.41. The van der Waals surface area contributed by atoms with Crippen LogP contribution in [-0.4, -0.2) is 35.0 Å². The van der Waals surface area contributed by atoms with Gasteiger partial charge in [0.25, 0.3) is 0 Å². The molecule has 2 aliphatic carbocycles. The number of rotatable bonds is 6. The molecule has 4 aromatic rings. The summed E-state index contributed by atoms with van der Waals surface area (Å²) in [5.41, 5.74) is 7.11. The van der Waals surface area contributed by atoms with Gasteiger partial charge < -0.3 is 10.2 Å². The maximum Gasteiger partial charge on any atom is 0.157 e. The highest BCUT2D eigenvalue weighted by molar-refractivity contribution is 9.10. The monoisotopic (exact) mass is 632 g/mol. The SMILES string of the molecule is O=C(CCO)C1(C(=O)CCO)c2cc(Br)ccc2-c2ccc(Br)cc21.c1ccc2c(c1)Cc1ccccc1-2. The number of halogens is 2. The third-order valence-electron chi connectivity index (χ3n) is 7.28. The fraction of sp³-hybridized carbons (Fsp3) is 0.188. The molecule has 2 N–H and O–H groups in total. The molecule has 0 spiro atoms. The Kier molecular flexibility index (Phi) is 7.78. The molecular formula is C32H26Br2O4. The zero-order valence-corrected chi connectivity index (χ0v) is 23.8. The lowest BCUT2D eigenvalue weighted by atomic mass is 9.69. The minimum absolute atomic E-state index is 0.130. The van der Waals surface area contributed by atoms with Gasteiger partial charge >= 0.3 is 0 Å². The van der Waals surface area contributed by atoms with E-state index < -0.39 is 5.41 Å². The van der Waals surface area contributed by atoms with Crippen LogP contribution in [0.2, 0.25) is 0 Å². The maximum atomic E-state index is 13.1. The van der Waals surface area contributed by atoms with Crippen molar-refractivity contribution in [3.63, 3.8) is 0 Å². The summed E-state index contributed by atoms with van der Waals surface area (Å²) in [4.78, 5) is 26.3. The summed E-state index contributed by atoms with van der Waals surface area (Å²) in [6.07, 6.45) is 0.844. The molecule has 0 bridgehead atoms. The largest absolute Gasteiger partial charge is 0.396 e. The molecule has 192 valence electrons. The van der Waals surface area contributed by atoms with Gasteiger partial charge in [-0.15, -0.1) is 0 Å². The van der Waals surface area contributed by atoms with Gasteiger partial charge in [0, 0.05) is 21.8 Å². The molecule has 0 saturated carbocycles. The third-order valence-corrected chi connectivity index (χ3v) is 8.27. The Balaban J connectivity index is 0.000000187. The van der Waals surface area contributed by atoms with Gasteiger partial charge in [-0.3, -0.25) is 9.59 Å². The normalized spacial score (nSPS) is 13.5. The van der Waals surface area contributed by atoms with Crippen LogP contribution in [0.5, 0.6) is 0 Å². The molecule has 0 atom stereocenters. The van der Waals surface area contributed by atoms with E-state index in [-0.39, 0.29) is 37.6 Å². The first kappa shape index (κ1) is 26.7. The molecule has 0 unspecified atom stereocenters. The second-order valence-corrected chi connectivity index (χ2v) is 11.2. The van der Waals surface area contributed by atoms with Crippen LogP contribution in [0.25, 0.3) is 22.3 Å². The number of hydrogen-bond donors (Lipinski definition) is 2. The lowest BCUT2D eigenvalue weighted by Crippen LogP contribution is -2.44. The van der Waals surface area contributed by atoms with E-state index in [1.54, 1.807) is 12.1 Å². The number of carbonyl (C=O) groups is 2. The zero-order valence-electron chi connectivity index (χ0n) is 20.6. The van der Waals surface area contributed by atoms with Crippen LogP contribution in [0, 0.1) is 0 Å². The van der Waals surface area contributed by atoms with Crippen LogP contribution in [-0.2, 0) is 21.4 Å². The standard InChI is InChI=1S/C19H16Br2O4.C13H10/c20-11-1-3-13-14-4-2-12(21)10-16(14)19(15(13)9-11,17(24)5-7-22)18(25)6-8-23;1-3-7-12-10(5-1)9-11-6-2-4-8-13(11)12/h1-4,9-10,22-23H,5-8H2;1-8H,9H2. The molecule has 0 radical (unpaired) electrons. The Labute approximate surface area is 238 Å². The summed E-state index contributed by atoms with van der Waals surface area (Å²) >= 11 is 6.84. The summed E-state index contributed by atoms with van der Waals surface area (Å²) in [6.45, 7) is -0.667. The van der Waals surface area contributed by atoms with E-state index in [0.717, 1.165) is 26.5 Å². The van der Waals surface area contributed by atoms with Crippen molar-refractivity contribution in [3.05, 3.63) is 116 Å². The maximum absolute atomic E-state index is 13.1. The molecular weight excluding hydrogens is 608 g/mol. The Hall–Kier alpha value is -2.90. The minimum Gasteiger partial charge on any atom is -0.396 e. The molecule has 0 heterocycles. The third kappa shape index (κ3) is 4.50. The van der Waals surface area contributed by atoms with Crippen molar-refractivity contribution in [2.75, 3.05) is 13.2 Å². The number of aliphatic hydroxyl groups excluding tert-OH is 2. The van der Waals surface area contributed by atoms with Gasteiger partial charge in [-0.25, -0.2) is 0 Å². The first-order valence-corrected chi connectivity index (χ1v) is 14.0. The highest BCUT2D eigenvalue weighted by Gasteiger charge is 2.53. The lowest BCUT2D eigenvalue weighted by Gasteiger charge is -2.29. The quantitative estimate of drug-likeness (QED) is 0.206. The predicted molar refractivity (Wildman–Crippen MR) is 156 cm³/mol. The van der Waals surface area contributed by atoms with E-state index >= 15 is 0 Å². The van der Waals surface area contributed by atoms with E-state index in [4.69, 9.17) is 0 Å². The average molecular weight is 634 g/mol. The Morgan fingerprint density at radius 3 is 1.47 bits per heavy atom. The van der Waals surface area contributed by atoms with Gasteiger partial charge in [-0.05, 0) is 75.2 Å². The van der Waals surface area contributed by atoms with Crippen molar-refractivity contribution in [2.45, 2.75) is 24.7 Å². The molecule has 2 aliphatic rings. The fourth-order valence-corrected chi connectivity index (χ4v) is 6.40. The fourth-order valence-electron chi connectivity index (χ4n) is 5.68. The second kappa shape index (κ2) is 11.1. The molecule has 38 heavy (non-hydrogen) atoms. The zero-order chi connectivity index (χ0) is 26.9. The van der Waals surface area contributed by atoms with E-state index in [0.29, 0.717) is 11.1 Å². The van der Waals surface area contributed by atoms with Crippen LogP contribution < -0.4 is 0 Å². The number of Topliss-reactive ketones (excluding diaryl/α,β-unsaturated/α-hetero) is 2. The first-order valence-electron chi connectivity index (χ1n) is 12.5. The van der Waals surface area contributed by atoms with E-state index in [1.807, 2.05) is 24.3 Å². The van der Waals surface area contributed by atoms with Crippen molar-refractivity contribution >= 4 is 43.4 Å². The summed E-state index contributed by atoms with van der Waals surface area (Å²) in [6, 6.07) is 28.4. The van der Waals surface area contributed by atoms with Gasteiger partial charge in [0.05, 0.1) is 13.2 Å². The van der Waals surface area contributed by atoms with Crippen molar-refractivity contribution < 1.29 is 19.8 Å². The van der Waals surface area contributed by atoms with Gasteiger partial charge in [0.15, 0.2) is 11.6 Å². The molecule has 0 aliphatic heterocycles. The predicted octanol–water partition coefficient (Wildman–Crippen LogP) is 6.64. The number of carbonyl (C=O) groups excluding carboxylic acids is 2. The van der Waals surface area contributed by atoms with Crippen molar-refractivity contribution in [2.24, 2.45) is 0 Å². The summed E-state index contributed by atoms with van der Waals surface area (Å²) in [7, 11) is 0. The average Bonchev–Trinajstić information content (AvgIpc) is 3.42. The first-order chi connectivity index (χ1) is 18.4. The van der Waals surface area contributed by atoms with Crippen molar-refractivity contribution in [3.8, 4) is 22.3 Å². The number of benzene rings is 4. The summed E-state index contributed by atoms with van der Waals surface area (Å²) in [5, 5.41) is 18.7. The van der Waals surface area contributed by atoms with Crippen LogP contribution in [0.4, 0.5) is 0 Å². The van der Waals surface area contributed by atoms with Crippen LogP contribution in [0.1, 0.15) is 35.1 Å². The topological polar surface area (TPSA) is 74.6 Å². The lowest BCUT2D eigenvalue weighted by molar-refractivity contribution is -0.133. The molecule has 6 rings (SSSR count). The van der Waals surface area contributed by atoms with Crippen molar-refractivity contribution in [1.29, 1.82) is 0 Å². The van der Waals surface area contributed by atoms with Gasteiger partial charge in [-0.1, -0.05) is 92.5 Å². The van der Waals surface area contributed by atoms with Crippen LogP contribution in [0.3, 0.4) is 0 Å². The molecule has 0 fully saturated rings. The van der Waals surface area contributed by atoms with E-state index in [1.165, 1.54) is 22.3 Å². The number of hydrogen-bond acceptors (Lipinski definition) is 4. The summed E-state index contributed by atoms with van der Waals surface area (Å²) < 4.78 is 1.52. The number of aliphatic hydroxyl groups is 2. The highest BCUT2D eigenvalue weighted by atomic mass is 79.9. The molecule has 4 nitrogen and oxygen atoms in total. The van der Waals surface area contributed by atoms with Crippen LogP contribution >= 0.6 is 31.9 Å². The molecule has 0 aromatic heterocycles. The molecule has 0 saturated heterocycles. The number of fused-ring (bicyclic) bond motifs is 6. The Morgan fingerprint density at radius 2 is 1.05 bits per heavy atom. The Bertz CT molecular complexity index is 1430. The highest BCUT2D eigenvalue weighted by Crippen LogP contribution is 2.52. The molecule has 4 aromatic carbocycles. The smallest absolute Gasteiger partial charge is 0.157 e.